The summed E-state index contributed by atoms with van der Waals surface area (Å²) in [6.07, 6.45) is 3.96. The number of fused-ring (bicyclic) bond motifs is 1. The average molecular weight is 217 g/mol. The van der Waals surface area contributed by atoms with Gasteiger partial charge in [0.1, 0.15) is 11.2 Å². The molecule has 0 aliphatic carbocycles. The molecule has 0 N–H and O–H groups in total. The fourth-order valence-electron chi connectivity index (χ4n) is 1.69. The lowest BCUT2D eigenvalue weighted by Gasteiger charge is -2.00. The van der Waals surface area contributed by atoms with Crippen molar-refractivity contribution in [3.63, 3.8) is 0 Å². The highest BCUT2D eigenvalue weighted by Gasteiger charge is 2.05. The van der Waals surface area contributed by atoms with Gasteiger partial charge in [0.25, 0.3) is 0 Å². The highest BCUT2D eigenvalue weighted by molar-refractivity contribution is 5.71. The van der Waals surface area contributed by atoms with Crippen LogP contribution in [-0.4, -0.2) is 4.98 Å². The molecule has 0 aliphatic heterocycles. The van der Waals surface area contributed by atoms with Gasteiger partial charge in [-0.05, 0) is 25.0 Å². The maximum Gasteiger partial charge on any atom is 0.358 e. The van der Waals surface area contributed by atoms with Crippen molar-refractivity contribution in [2.45, 2.75) is 32.6 Å². The highest BCUT2D eigenvalue weighted by atomic mass is 16.4. The Morgan fingerprint density at radius 3 is 2.88 bits per heavy atom. The minimum atomic E-state index is -0.296. The van der Waals surface area contributed by atoms with Crippen molar-refractivity contribution in [1.82, 2.24) is 4.98 Å². The van der Waals surface area contributed by atoms with Crippen LogP contribution >= 0.6 is 0 Å². The number of para-hydroxylation sites is 2. The smallest absolute Gasteiger partial charge is 0.358 e. The van der Waals surface area contributed by atoms with Crippen LogP contribution in [0.1, 0.15) is 31.9 Å². The molecule has 0 unspecified atom stereocenters. The third-order valence-corrected chi connectivity index (χ3v) is 2.58. The van der Waals surface area contributed by atoms with Crippen LogP contribution in [0, 0.1) is 0 Å². The molecule has 1 aromatic heterocycles. The monoisotopic (exact) mass is 217 g/mol. The zero-order valence-electron chi connectivity index (χ0n) is 9.40. The van der Waals surface area contributed by atoms with Gasteiger partial charge in [-0.2, -0.15) is 0 Å². The Morgan fingerprint density at radius 1 is 1.25 bits per heavy atom. The molecule has 2 aromatic rings. The lowest BCUT2D eigenvalue weighted by atomic mass is 10.1. The van der Waals surface area contributed by atoms with Crippen LogP contribution in [0.25, 0.3) is 11.1 Å². The molecule has 0 saturated heterocycles. The number of nitrogens with zero attached hydrogens (tertiary/aromatic N) is 1. The minimum absolute atomic E-state index is 0.296. The number of hydrogen-bond donors (Lipinski definition) is 0. The van der Waals surface area contributed by atoms with Crippen LogP contribution in [0.3, 0.4) is 0 Å². The predicted octanol–water partition coefficient (Wildman–Crippen LogP) is 2.92. The van der Waals surface area contributed by atoms with Crippen molar-refractivity contribution in [2.24, 2.45) is 0 Å². The summed E-state index contributed by atoms with van der Waals surface area (Å²) in [5.41, 5.74) is 1.57. The number of hydrogen-bond acceptors (Lipinski definition) is 3. The first-order chi connectivity index (χ1) is 7.81. The Bertz CT molecular complexity index is 531. The Hall–Kier alpha value is -1.64. The number of aromatic nitrogens is 1. The number of rotatable bonds is 4. The number of unbranched alkanes of at least 4 members (excludes halogenated alkanes) is 2. The first-order valence-electron chi connectivity index (χ1n) is 5.70. The lowest BCUT2D eigenvalue weighted by molar-refractivity contribution is 0.536. The van der Waals surface area contributed by atoms with Crippen LogP contribution in [0.2, 0.25) is 0 Å². The van der Waals surface area contributed by atoms with Crippen molar-refractivity contribution < 1.29 is 4.42 Å². The second-order valence-corrected chi connectivity index (χ2v) is 3.87. The molecule has 16 heavy (non-hydrogen) atoms. The molecule has 0 amide bonds. The molecule has 0 aliphatic rings. The molecule has 1 aromatic carbocycles. The quantitative estimate of drug-likeness (QED) is 0.739. The molecule has 0 saturated carbocycles. The van der Waals surface area contributed by atoms with Gasteiger partial charge in [-0.1, -0.05) is 31.9 Å². The minimum Gasteiger partial charge on any atom is -0.420 e. The van der Waals surface area contributed by atoms with E-state index in [1.807, 2.05) is 18.2 Å². The lowest BCUT2D eigenvalue weighted by Crippen LogP contribution is -2.10. The summed E-state index contributed by atoms with van der Waals surface area (Å²) in [5.74, 6) is 0. The molecule has 0 fully saturated rings. The molecule has 84 valence electrons. The molecule has 0 spiro atoms. The third kappa shape index (κ3) is 2.30. The second kappa shape index (κ2) is 4.92. The van der Waals surface area contributed by atoms with Gasteiger partial charge in [-0.3, -0.25) is 0 Å². The first-order valence-corrected chi connectivity index (χ1v) is 5.70. The summed E-state index contributed by atoms with van der Waals surface area (Å²) in [5, 5.41) is 0. The Kier molecular flexibility index (Phi) is 3.34. The predicted molar refractivity (Wildman–Crippen MR) is 63.5 cm³/mol. The molecule has 3 heteroatoms. The molecule has 1 heterocycles. The fourth-order valence-corrected chi connectivity index (χ4v) is 1.69. The molecule has 0 atom stereocenters. The van der Waals surface area contributed by atoms with E-state index in [1.165, 1.54) is 0 Å². The van der Waals surface area contributed by atoms with Crippen molar-refractivity contribution in [3.05, 3.63) is 40.4 Å². The Labute approximate surface area is 94.1 Å². The first kappa shape index (κ1) is 10.9. The molecule has 3 nitrogen and oxygen atoms in total. The van der Waals surface area contributed by atoms with Gasteiger partial charge >= 0.3 is 5.63 Å². The van der Waals surface area contributed by atoms with E-state index in [4.69, 9.17) is 4.42 Å². The van der Waals surface area contributed by atoms with E-state index in [0.717, 1.165) is 24.8 Å². The summed E-state index contributed by atoms with van der Waals surface area (Å²) in [6.45, 7) is 2.14. The molecule has 0 radical (unpaired) electrons. The van der Waals surface area contributed by atoms with E-state index in [1.54, 1.807) is 6.07 Å². The maximum atomic E-state index is 11.6. The third-order valence-electron chi connectivity index (χ3n) is 2.58. The maximum absolute atomic E-state index is 11.6. The summed E-state index contributed by atoms with van der Waals surface area (Å²) < 4.78 is 5.21. The van der Waals surface area contributed by atoms with Crippen molar-refractivity contribution in [2.75, 3.05) is 0 Å². The van der Waals surface area contributed by atoms with Gasteiger partial charge in [0, 0.05) is 0 Å². The fraction of sp³-hybridized carbons (Fsp3) is 0.385. The van der Waals surface area contributed by atoms with Gasteiger partial charge in [0.05, 0.1) is 0 Å². The van der Waals surface area contributed by atoms with Crippen LogP contribution in [-0.2, 0) is 6.42 Å². The second-order valence-electron chi connectivity index (χ2n) is 3.87. The van der Waals surface area contributed by atoms with E-state index < -0.39 is 0 Å². The molecule has 2 rings (SSSR count). The SMILES string of the molecule is CCCCCc1nc2ccccc2oc1=O. The van der Waals surface area contributed by atoms with Gasteiger partial charge in [0.2, 0.25) is 0 Å². The standard InChI is InChI=1S/C13H15NO2/c1-2-3-4-8-11-13(15)16-12-9-6-5-7-10(12)14-11/h5-7,9H,2-4,8H2,1H3. The molecule has 0 bridgehead atoms. The van der Waals surface area contributed by atoms with Gasteiger partial charge < -0.3 is 4.42 Å². The van der Waals surface area contributed by atoms with E-state index in [0.29, 0.717) is 17.7 Å². The average Bonchev–Trinajstić information content (AvgIpc) is 2.30. The topological polar surface area (TPSA) is 43.1 Å². The normalized spacial score (nSPS) is 10.8. The van der Waals surface area contributed by atoms with E-state index in [-0.39, 0.29) is 5.63 Å². The van der Waals surface area contributed by atoms with Crippen LogP contribution in [0.5, 0.6) is 0 Å². The van der Waals surface area contributed by atoms with E-state index in [2.05, 4.69) is 11.9 Å². The number of aryl methyl sites for hydroxylation is 1. The van der Waals surface area contributed by atoms with Crippen LogP contribution in [0.15, 0.2) is 33.5 Å². The zero-order chi connectivity index (χ0) is 11.4. The van der Waals surface area contributed by atoms with Crippen LogP contribution < -0.4 is 5.63 Å². The Balaban J connectivity index is 2.31. The van der Waals surface area contributed by atoms with Crippen molar-refractivity contribution in [1.29, 1.82) is 0 Å². The summed E-state index contributed by atoms with van der Waals surface area (Å²) >= 11 is 0. The Morgan fingerprint density at radius 2 is 2.06 bits per heavy atom. The van der Waals surface area contributed by atoms with Gasteiger partial charge in [0.15, 0.2) is 5.58 Å². The highest BCUT2D eigenvalue weighted by Crippen LogP contribution is 2.10. The van der Waals surface area contributed by atoms with Gasteiger partial charge in [-0.25, -0.2) is 9.78 Å². The van der Waals surface area contributed by atoms with Crippen molar-refractivity contribution in [3.8, 4) is 0 Å². The van der Waals surface area contributed by atoms with Crippen molar-refractivity contribution >= 4 is 11.1 Å². The summed E-state index contributed by atoms with van der Waals surface area (Å²) in [6, 6.07) is 7.36. The zero-order valence-corrected chi connectivity index (χ0v) is 9.40. The summed E-state index contributed by atoms with van der Waals surface area (Å²) in [7, 11) is 0. The largest absolute Gasteiger partial charge is 0.420 e. The van der Waals surface area contributed by atoms with E-state index in [9.17, 15) is 4.79 Å². The van der Waals surface area contributed by atoms with Crippen LogP contribution in [0.4, 0.5) is 0 Å². The molecular formula is C13H15NO2. The summed E-state index contributed by atoms with van der Waals surface area (Å²) in [4.78, 5) is 15.9. The number of benzene rings is 1. The van der Waals surface area contributed by atoms with E-state index >= 15 is 0 Å². The molecular weight excluding hydrogens is 202 g/mol. The van der Waals surface area contributed by atoms with Gasteiger partial charge in [-0.15, -0.1) is 0 Å².